The summed E-state index contributed by atoms with van der Waals surface area (Å²) in [5.74, 6) is 0. The molecule has 0 aliphatic heterocycles. The van der Waals surface area contributed by atoms with Gasteiger partial charge in [0.2, 0.25) is 0 Å². The summed E-state index contributed by atoms with van der Waals surface area (Å²) in [6.07, 6.45) is 1.98. The topological polar surface area (TPSA) is 17.8 Å². The van der Waals surface area contributed by atoms with Crippen molar-refractivity contribution in [3.63, 3.8) is 0 Å². The van der Waals surface area contributed by atoms with Crippen molar-refractivity contribution in [2.24, 2.45) is 7.05 Å². The van der Waals surface area contributed by atoms with E-state index >= 15 is 0 Å². The lowest BCUT2D eigenvalue weighted by atomic mass is 9.97. The van der Waals surface area contributed by atoms with Crippen LogP contribution in [-0.4, -0.2) is 9.55 Å². The lowest BCUT2D eigenvalue weighted by molar-refractivity contribution is 0.886. The summed E-state index contributed by atoms with van der Waals surface area (Å²) < 4.78 is 2.17. The molecule has 0 unspecified atom stereocenters. The molecule has 0 radical (unpaired) electrons. The normalized spacial score (nSPS) is 10.9. The average Bonchev–Trinajstić information content (AvgIpc) is 2.80. The number of benzene rings is 1. The number of pyridine rings is 1. The number of hydrogen-bond acceptors (Lipinski definition) is 1. The van der Waals surface area contributed by atoms with Gasteiger partial charge in [-0.2, -0.15) is 0 Å². The molecular weight excluding hydrogens is 256 g/mol. The van der Waals surface area contributed by atoms with E-state index in [0.29, 0.717) is 0 Å². The van der Waals surface area contributed by atoms with E-state index in [2.05, 4.69) is 79.8 Å². The zero-order valence-corrected chi connectivity index (χ0v) is 13.0. The van der Waals surface area contributed by atoms with Crippen molar-refractivity contribution in [2.75, 3.05) is 0 Å². The first kappa shape index (κ1) is 13.6. The van der Waals surface area contributed by atoms with Gasteiger partial charge in [0.1, 0.15) is 0 Å². The summed E-state index contributed by atoms with van der Waals surface area (Å²) >= 11 is 0. The minimum Gasteiger partial charge on any atom is -0.347 e. The van der Waals surface area contributed by atoms with Crippen LogP contribution in [0.1, 0.15) is 16.8 Å². The van der Waals surface area contributed by atoms with Crippen molar-refractivity contribution in [2.45, 2.75) is 20.8 Å². The molecule has 0 spiro atoms. The van der Waals surface area contributed by atoms with E-state index in [1.54, 1.807) is 0 Å². The van der Waals surface area contributed by atoms with Crippen LogP contribution in [0.4, 0.5) is 0 Å². The predicted octanol–water partition coefficient (Wildman–Crippen LogP) is 4.68. The van der Waals surface area contributed by atoms with Gasteiger partial charge in [-0.25, -0.2) is 0 Å². The summed E-state index contributed by atoms with van der Waals surface area (Å²) in [5.41, 5.74) is 8.46. The molecule has 2 heterocycles. The van der Waals surface area contributed by atoms with E-state index in [-0.39, 0.29) is 0 Å². The zero-order valence-electron chi connectivity index (χ0n) is 13.0. The van der Waals surface area contributed by atoms with Crippen LogP contribution in [0.5, 0.6) is 0 Å². The van der Waals surface area contributed by atoms with Crippen LogP contribution in [0.2, 0.25) is 0 Å². The molecule has 0 aliphatic carbocycles. The van der Waals surface area contributed by atoms with Crippen molar-refractivity contribution in [3.05, 3.63) is 65.5 Å². The maximum absolute atomic E-state index is 4.66. The van der Waals surface area contributed by atoms with Gasteiger partial charge in [0, 0.05) is 24.5 Å². The summed E-state index contributed by atoms with van der Waals surface area (Å²) in [5, 5.41) is 0. The number of aromatic nitrogens is 2. The maximum Gasteiger partial charge on any atom is 0.0866 e. The molecular formula is C19H20N2. The Morgan fingerprint density at radius 2 is 1.57 bits per heavy atom. The molecule has 2 heteroatoms. The summed E-state index contributed by atoms with van der Waals surface area (Å²) in [6, 6.07) is 14.9. The molecule has 0 N–H and O–H groups in total. The maximum atomic E-state index is 4.66. The van der Waals surface area contributed by atoms with Crippen molar-refractivity contribution >= 4 is 0 Å². The SMILES string of the molecule is Cc1cccc(C)c1-c1ccc(-c2ccc(C)n2C)nc1. The highest BCUT2D eigenvalue weighted by Crippen LogP contribution is 2.28. The highest BCUT2D eigenvalue weighted by atomic mass is 15.0. The first-order valence-electron chi connectivity index (χ1n) is 7.23. The van der Waals surface area contributed by atoms with E-state index in [0.717, 1.165) is 11.4 Å². The molecule has 3 aromatic rings. The van der Waals surface area contributed by atoms with Gasteiger partial charge in [0.15, 0.2) is 0 Å². The Kier molecular flexibility index (Phi) is 3.38. The molecule has 21 heavy (non-hydrogen) atoms. The van der Waals surface area contributed by atoms with Gasteiger partial charge in [0.05, 0.1) is 11.4 Å². The van der Waals surface area contributed by atoms with Crippen molar-refractivity contribution in [1.29, 1.82) is 0 Å². The number of rotatable bonds is 2. The quantitative estimate of drug-likeness (QED) is 0.664. The van der Waals surface area contributed by atoms with E-state index in [1.807, 2.05) is 6.20 Å². The molecule has 0 fully saturated rings. The third-order valence-electron chi connectivity index (χ3n) is 4.17. The van der Waals surface area contributed by atoms with Crippen LogP contribution in [0.3, 0.4) is 0 Å². The predicted molar refractivity (Wildman–Crippen MR) is 88.3 cm³/mol. The zero-order chi connectivity index (χ0) is 15.0. The average molecular weight is 276 g/mol. The molecule has 106 valence electrons. The monoisotopic (exact) mass is 276 g/mol. The molecule has 0 saturated heterocycles. The van der Waals surface area contributed by atoms with E-state index in [4.69, 9.17) is 0 Å². The highest BCUT2D eigenvalue weighted by Gasteiger charge is 2.08. The summed E-state index contributed by atoms with van der Waals surface area (Å²) in [4.78, 5) is 4.66. The van der Waals surface area contributed by atoms with Gasteiger partial charge in [-0.15, -0.1) is 0 Å². The molecule has 0 aliphatic rings. The fourth-order valence-electron chi connectivity index (χ4n) is 2.83. The van der Waals surface area contributed by atoms with Crippen LogP contribution >= 0.6 is 0 Å². The van der Waals surface area contributed by atoms with Gasteiger partial charge >= 0.3 is 0 Å². The Balaban J connectivity index is 2.04. The first-order chi connectivity index (χ1) is 10.1. The Morgan fingerprint density at radius 1 is 0.857 bits per heavy atom. The number of hydrogen-bond donors (Lipinski definition) is 0. The Bertz CT molecular complexity index is 760. The first-order valence-corrected chi connectivity index (χ1v) is 7.23. The lowest BCUT2D eigenvalue weighted by Crippen LogP contribution is -1.96. The number of aryl methyl sites for hydroxylation is 3. The highest BCUT2D eigenvalue weighted by molar-refractivity contribution is 5.71. The Morgan fingerprint density at radius 3 is 2.10 bits per heavy atom. The summed E-state index contributed by atoms with van der Waals surface area (Å²) in [6.45, 7) is 6.40. The fourth-order valence-corrected chi connectivity index (χ4v) is 2.83. The van der Waals surface area contributed by atoms with Crippen LogP contribution in [-0.2, 0) is 7.05 Å². The smallest absolute Gasteiger partial charge is 0.0866 e. The Hall–Kier alpha value is -2.35. The standard InChI is InChI=1S/C19H20N2/c1-13-6-5-7-14(2)19(13)16-9-10-17(20-12-16)18-11-8-15(3)21(18)4/h5-12H,1-4H3. The minimum atomic E-state index is 1.01. The molecule has 0 atom stereocenters. The van der Waals surface area contributed by atoms with Crippen LogP contribution in [0.15, 0.2) is 48.7 Å². The van der Waals surface area contributed by atoms with Crippen molar-refractivity contribution in [3.8, 4) is 22.5 Å². The molecule has 2 aromatic heterocycles. The van der Waals surface area contributed by atoms with Crippen molar-refractivity contribution < 1.29 is 0 Å². The molecule has 2 nitrogen and oxygen atoms in total. The van der Waals surface area contributed by atoms with Gasteiger partial charge in [-0.3, -0.25) is 4.98 Å². The third kappa shape index (κ3) is 2.38. The summed E-state index contributed by atoms with van der Waals surface area (Å²) in [7, 11) is 2.08. The minimum absolute atomic E-state index is 1.01. The fraction of sp³-hybridized carbons (Fsp3) is 0.211. The number of nitrogens with zero attached hydrogens (tertiary/aromatic N) is 2. The van der Waals surface area contributed by atoms with Crippen LogP contribution in [0, 0.1) is 20.8 Å². The second-order valence-electron chi connectivity index (χ2n) is 5.62. The van der Waals surface area contributed by atoms with Gasteiger partial charge in [0.25, 0.3) is 0 Å². The second kappa shape index (κ2) is 5.21. The van der Waals surface area contributed by atoms with Gasteiger partial charge in [-0.1, -0.05) is 24.3 Å². The largest absolute Gasteiger partial charge is 0.347 e. The van der Waals surface area contributed by atoms with E-state index in [1.165, 1.54) is 27.9 Å². The van der Waals surface area contributed by atoms with Gasteiger partial charge in [-0.05, 0) is 55.7 Å². The van der Waals surface area contributed by atoms with E-state index < -0.39 is 0 Å². The lowest BCUT2D eigenvalue weighted by Gasteiger charge is -2.10. The van der Waals surface area contributed by atoms with Gasteiger partial charge < -0.3 is 4.57 Å². The molecule has 0 bridgehead atoms. The van der Waals surface area contributed by atoms with Crippen LogP contribution < -0.4 is 0 Å². The van der Waals surface area contributed by atoms with Crippen molar-refractivity contribution in [1.82, 2.24) is 9.55 Å². The van der Waals surface area contributed by atoms with E-state index in [9.17, 15) is 0 Å². The van der Waals surface area contributed by atoms with Crippen LogP contribution in [0.25, 0.3) is 22.5 Å². The third-order valence-corrected chi connectivity index (χ3v) is 4.17. The molecule has 1 aromatic carbocycles. The molecule has 3 rings (SSSR count). The molecule has 0 saturated carbocycles. The molecule has 0 amide bonds. The second-order valence-corrected chi connectivity index (χ2v) is 5.62. The Labute approximate surface area is 126 Å².